The molecule has 0 saturated heterocycles. The van der Waals surface area contributed by atoms with Crippen LogP contribution in [0.2, 0.25) is 0 Å². The third kappa shape index (κ3) is 13.3. The van der Waals surface area contributed by atoms with Crippen molar-refractivity contribution < 1.29 is 39.0 Å². The summed E-state index contributed by atoms with van der Waals surface area (Å²) in [4.78, 5) is 76.4. The third-order valence-corrected chi connectivity index (χ3v) is 8.08. The first kappa shape index (κ1) is 37.8. The minimum absolute atomic E-state index is 0.0646. The van der Waals surface area contributed by atoms with Gasteiger partial charge in [0.2, 0.25) is 23.6 Å². The number of carbonyl (C=O) groups excluding carboxylic acids is 4. The predicted molar refractivity (Wildman–Crippen MR) is 162 cm³/mol. The SMILES string of the molecule is CCC(CC)C(=O)N[C@H](C(=O)N[C@@H](CCC1CCCC1)C(=O)N[C@@H](CC(=O)O)C(=O)N[C@@H](CC(C)C)C(=O)O)C(C)(C)C. The smallest absolute Gasteiger partial charge is 0.326 e. The van der Waals surface area contributed by atoms with Gasteiger partial charge >= 0.3 is 11.9 Å². The number of aliphatic carboxylic acids is 2. The van der Waals surface area contributed by atoms with Gasteiger partial charge in [-0.15, -0.1) is 0 Å². The summed E-state index contributed by atoms with van der Waals surface area (Å²) in [6.45, 7) is 12.8. The Hall–Kier alpha value is -3.18. The van der Waals surface area contributed by atoms with Crippen molar-refractivity contribution in [1.82, 2.24) is 21.3 Å². The van der Waals surface area contributed by atoms with Crippen LogP contribution in [0.3, 0.4) is 0 Å². The van der Waals surface area contributed by atoms with Gasteiger partial charge in [-0.3, -0.25) is 24.0 Å². The lowest BCUT2D eigenvalue weighted by Crippen LogP contribution is -2.60. The minimum atomic E-state index is -1.56. The minimum Gasteiger partial charge on any atom is -0.481 e. The average Bonchev–Trinajstić information content (AvgIpc) is 3.41. The lowest BCUT2D eigenvalue weighted by atomic mass is 9.85. The van der Waals surface area contributed by atoms with Crippen molar-refractivity contribution in [3.8, 4) is 0 Å². The van der Waals surface area contributed by atoms with Crippen LogP contribution in [-0.2, 0) is 28.8 Å². The number of amides is 4. The summed E-state index contributed by atoms with van der Waals surface area (Å²) in [7, 11) is 0. The first-order valence-electron chi connectivity index (χ1n) is 15.7. The molecule has 1 aliphatic rings. The quantitative estimate of drug-likeness (QED) is 0.136. The molecule has 4 atom stereocenters. The van der Waals surface area contributed by atoms with E-state index in [0.717, 1.165) is 25.7 Å². The summed E-state index contributed by atoms with van der Waals surface area (Å²) in [5.41, 5.74) is -0.688. The highest BCUT2D eigenvalue weighted by Gasteiger charge is 2.37. The predicted octanol–water partition coefficient (Wildman–Crippen LogP) is 2.98. The highest BCUT2D eigenvalue weighted by molar-refractivity contribution is 5.96. The Balaban J connectivity index is 3.22. The molecule has 12 nitrogen and oxygen atoms in total. The van der Waals surface area contributed by atoms with Crippen molar-refractivity contribution in [2.75, 3.05) is 0 Å². The molecule has 0 radical (unpaired) electrons. The van der Waals surface area contributed by atoms with Crippen LogP contribution in [0.5, 0.6) is 0 Å². The van der Waals surface area contributed by atoms with Crippen LogP contribution in [0.1, 0.15) is 113 Å². The molecule has 0 bridgehead atoms. The molecule has 1 fully saturated rings. The van der Waals surface area contributed by atoms with Crippen LogP contribution in [0.25, 0.3) is 0 Å². The number of carboxylic acid groups (broad SMARTS) is 2. The van der Waals surface area contributed by atoms with Crippen LogP contribution < -0.4 is 21.3 Å². The molecule has 12 heteroatoms. The zero-order chi connectivity index (χ0) is 32.9. The molecule has 246 valence electrons. The molecule has 0 spiro atoms. The van der Waals surface area contributed by atoms with Crippen LogP contribution >= 0.6 is 0 Å². The van der Waals surface area contributed by atoms with Crippen molar-refractivity contribution in [2.45, 2.75) is 137 Å². The molecule has 43 heavy (non-hydrogen) atoms. The van der Waals surface area contributed by atoms with Crippen LogP contribution in [-0.4, -0.2) is 69.9 Å². The van der Waals surface area contributed by atoms with Gasteiger partial charge in [0.15, 0.2) is 0 Å². The molecule has 0 aromatic carbocycles. The number of hydrogen-bond donors (Lipinski definition) is 6. The van der Waals surface area contributed by atoms with E-state index in [-0.39, 0.29) is 30.6 Å². The van der Waals surface area contributed by atoms with Gasteiger partial charge in [0.05, 0.1) is 6.42 Å². The molecule has 0 aromatic rings. The van der Waals surface area contributed by atoms with E-state index in [2.05, 4.69) is 21.3 Å². The monoisotopic (exact) mass is 610 g/mol. The fourth-order valence-corrected chi connectivity index (χ4v) is 5.44. The topological polar surface area (TPSA) is 191 Å². The second kappa shape index (κ2) is 17.8. The molecule has 0 aromatic heterocycles. The average molecular weight is 611 g/mol. The Bertz CT molecular complexity index is 967. The van der Waals surface area contributed by atoms with E-state index in [1.54, 1.807) is 34.6 Å². The molecule has 1 aliphatic carbocycles. The van der Waals surface area contributed by atoms with E-state index in [0.29, 0.717) is 25.2 Å². The summed E-state index contributed by atoms with van der Waals surface area (Å²) in [5, 5.41) is 29.4. The highest BCUT2D eigenvalue weighted by atomic mass is 16.4. The van der Waals surface area contributed by atoms with E-state index >= 15 is 0 Å². The Kier molecular flexibility index (Phi) is 15.7. The lowest BCUT2D eigenvalue weighted by Gasteiger charge is -2.33. The molecular formula is C31H54N4O8. The second-order valence-electron chi connectivity index (χ2n) is 13.3. The summed E-state index contributed by atoms with van der Waals surface area (Å²) in [5.74, 6) is -5.07. The number of nitrogens with one attached hydrogen (secondary N) is 4. The number of rotatable bonds is 18. The summed E-state index contributed by atoms with van der Waals surface area (Å²) >= 11 is 0. The summed E-state index contributed by atoms with van der Waals surface area (Å²) < 4.78 is 0. The van der Waals surface area contributed by atoms with Crippen LogP contribution in [0, 0.1) is 23.2 Å². The Morgan fingerprint density at radius 1 is 0.744 bits per heavy atom. The molecule has 0 heterocycles. The van der Waals surface area contributed by atoms with E-state index in [4.69, 9.17) is 0 Å². The molecule has 1 rings (SSSR count). The first-order valence-corrected chi connectivity index (χ1v) is 15.7. The molecule has 0 aliphatic heterocycles. The molecule has 6 N–H and O–H groups in total. The maximum atomic E-state index is 13.6. The van der Waals surface area contributed by atoms with Crippen molar-refractivity contribution >= 4 is 35.6 Å². The van der Waals surface area contributed by atoms with E-state index < -0.39 is 65.7 Å². The van der Waals surface area contributed by atoms with Gasteiger partial charge in [-0.25, -0.2) is 4.79 Å². The van der Waals surface area contributed by atoms with Crippen molar-refractivity contribution in [1.29, 1.82) is 0 Å². The Morgan fingerprint density at radius 3 is 1.72 bits per heavy atom. The maximum Gasteiger partial charge on any atom is 0.326 e. The van der Waals surface area contributed by atoms with Crippen molar-refractivity contribution in [3.05, 3.63) is 0 Å². The third-order valence-electron chi connectivity index (χ3n) is 8.08. The first-order chi connectivity index (χ1) is 20.0. The zero-order valence-corrected chi connectivity index (χ0v) is 27.0. The summed E-state index contributed by atoms with van der Waals surface area (Å²) in [6, 6.07) is -4.87. The maximum absolute atomic E-state index is 13.6. The van der Waals surface area contributed by atoms with E-state index in [1.807, 2.05) is 13.8 Å². The van der Waals surface area contributed by atoms with Gasteiger partial charge in [-0.05, 0) is 49.4 Å². The van der Waals surface area contributed by atoms with Gasteiger partial charge < -0.3 is 31.5 Å². The van der Waals surface area contributed by atoms with E-state index in [9.17, 15) is 39.0 Å². The Labute approximate surface area is 255 Å². The fourth-order valence-electron chi connectivity index (χ4n) is 5.44. The van der Waals surface area contributed by atoms with Gasteiger partial charge in [0.1, 0.15) is 24.2 Å². The van der Waals surface area contributed by atoms with Crippen LogP contribution in [0.15, 0.2) is 0 Å². The highest BCUT2D eigenvalue weighted by Crippen LogP contribution is 2.29. The van der Waals surface area contributed by atoms with E-state index in [1.165, 1.54) is 0 Å². The summed E-state index contributed by atoms with van der Waals surface area (Å²) in [6.07, 6.45) is 5.66. The number of carboxylic acids is 2. The number of hydrogen-bond acceptors (Lipinski definition) is 6. The lowest BCUT2D eigenvalue weighted by molar-refractivity contribution is -0.144. The molecular weight excluding hydrogens is 556 g/mol. The standard InChI is InChI=1S/C31H54N4O8/c1-8-20(9-2)26(38)35-25(31(5,6)7)29(41)32-21(15-14-19-12-10-11-13-19)27(39)33-22(17-24(36)37)28(40)34-23(30(42)43)16-18(3)4/h18-23,25H,8-17H2,1-7H3,(H,32,41)(H,33,39)(H,34,40)(H,35,38)(H,36,37)(H,42,43)/t21-,22-,23-,25+/m0/s1. The van der Waals surface area contributed by atoms with Crippen molar-refractivity contribution in [2.24, 2.45) is 23.2 Å². The molecule has 1 saturated carbocycles. The van der Waals surface area contributed by atoms with Crippen LogP contribution in [0.4, 0.5) is 0 Å². The second-order valence-corrected chi connectivity index (χ2v) is 13.3. The normalized spacial score (nSPS) is 16.7. The van der Waals surface area contributed by atoms with Gasteiger partial charge in [0.25, 0.3) is 0 Å². The van der Waals surface area contributed by atoms with Gasteiger partial charge in [0, 0.05) is 5.92 Å². The largest absolute Gasteiger partial charge is 0.481 e. The van der Waals surface area contributed by atoms with Crippen molar-refractivity contribution in [3.63, 3.8) is 0 Å². The number of carbonyl (C=O) groups is 6. The van der Waals surface area contributed by atoms with Gasteiger partial charge in [-0.2, -0.15) is 0 Å². The molecule has 0 unspecified atom stereocenters. The zero-order valence-electron chi connectivity index (χ0n) is 27.0. The Morgan fingerprint density at radius 2 is 1.26 bits per heavy atom. The molecule has 4 amide bonds. The van der Waals surface area contributed by atoms with Gasteiger partial charge in [-0.1, -0.05) is 74.1 Å². The fraction of sp³-hybridized carbons (Fsp3) is 0.806.